The molecule has 1 heterocycles. The van der Waals surface area contributed by atoms with E-state index in [4.69, 9.17) is 0 Å². The zero-order chi connectivity index (χ0) is 20.1. The Morgan fingerprint density at radius 2 is 1.82 bits per heavy atom. The van der Waals surface area contributed by atoms with Crippen molar-refractivity contribution in [2.75, 3.05) is 16.4 Å². The van der Waals surface area contributed by atoms with Crippen LogP contribution in [0.25, 0.3) is 11.3 Å². The average Bonchev–Trinajstić information content (AvgIpc) is 3.11. The number of anilines is 2. The lowest BCUT2D eigenvalue weighted by molar-refractivity contribution is -0.114. The van der Waals surface area contributed by atoms with Crippen LogP contribution in [0.4, 0.5) is 10.8 Å². The van der Waals surface area contributed by atoms with Crippen LogP contribution in [-0.2, 0) is 9.59 Å². The molecule has 144 valence electrons. The predicted octanol–water partition coefficient (Wildman–Crippen LogP) is 5.12. The number of amides is 2. The topological polar surface area (TPSA) is 71.1 Å². The van der Waals surface area contributed by atoms with Gasteiger partial charge in [-0.25, -0.2) is 4.98 Å². The highest BCUT2D eigenvalue weighted by Gasteiger charge is 2.10. The number of aryl methyl sites for hydroxylation is 2. The highest BCUT2D eigenvalue weighted by atomic mass is 32.2. The fraction of sp³-hybridized carbons (Fsp3) is 0.190. The number of hydrogen-bond donors (Lipinski definition) is 2. The first-order chi connectivity index (χ1) is 13.4. The first-order valence-electron chi connectivity index (χ1n) is 8.74. The van der Waals surface area contributed by atoms with Crippen LogP contribution in [0.2, 0.25) is 0 Å². The maximum Gasteiger partial charge on any atom is 0.236 e. The van der Waals surface area contributed by atoms with Crippen LogP contribution in [-0.4, -0.2) is 22.6 Å². The first kappa shape index (κ1) is 20.1. The number of rotatable bonds is 6. The summed E-state index contributed by atoms with van der Waals surface area (Å²) in [6.45, 7) is 5.56. The number of thioether (sulfide) groups is 1. The van der Waals surface area contributed by atoms with Crippen molar-refractivity contribution < 1.29 is 9.59 Å². The Kier molecular flexibility index (Phi) is 6.49. The largest absolute Gasteiger partial charge is 0.326 e. The molecular weight excluding hydrogens is 390 g/mol. The van der Waals surface area contributed by atoms with Crippen molar-refractivity contribution in [2.24, 2.45) is 0 Å². The lowest BCUT2D eigenvalue weighted by Crippen LogP contribution is -2.13. The minimum atomic E-state index is -0.106. The second kappa shape index (κ2) is 9.03. The van der Waals surface area contributed by atoms with Gasteiger partial charge in [-0.2, -0.15) is 0 Å². The molecule has 0 aliphatic rings. The van der Waals surface area contributed by atoms with Crippen molar-refractivity contribution >= 4 is 45.7 Å². The van der Waals surface area contributed by atoms with E-state index in [1.165, 1.54) is 41.1 Å². The van der Waals surface area contributed by atoms with Gasteiger partial charge in [0.25, 0.3) is 0 Å². The Bertz CT molecular complexity index is 997. The molecule has 3 aromatic rings. The maximum absolute atomic E-state index is 12.3. The summed E-state index contributed by atoms with van der Waals surface area (Å²) in [6.07, 6.45) is 0. The molecule has 1 aromatic heterocycles. The number of carbonyl (C=O) groups is 2. The van der Waals surface area contributed by atoms with Gasteiger partial charge >= 0.3 is 0 Å². The Balaban J connectivity index is 1.58. The molecule has 0 spiro atoms. The number of aromatic nitrogens is 1. The van der Waals surface area contributed by atoms with Crippen molar-refractivity contribution in [2.45, 2.75) is 25.7 Å². The second-order valence-electron chi connectivity index (χ2n) is 6.40. The lowest BCUT2D eigenvalue weighted by atomic mass is 10.1. The summed E-state index contributed by atoms with van der Waals surface area (Å²) in [7, 11) is 0. The molecule has 2 amide bonds. The zero-order valence-electron chi connectivity index (χ0n) is 15.9. The van der Waals surface area contributed by atoms with Crippen LogP contribution in [0.5, 0.6) is 0 Å². The molecule has 0 atom stereocenters. The summed E-state index contributed by atoms with van der Waals surface area (Å²) in [6, 6.07) is 13.7. The highest BCUT2D eigenvalue weighted by molar-refractivity contribution is 8.00. The van der Waals surface area contributed by atoms with Gasteiger partial charge in [0.2, 0.25) is 11.8 Å². The molecule has 28 heavy (non-hydrogen) atoms. The third-order valence-electron chi connectivity index (χ3n) is 3.95. The van der Waals surface area contributed by atoms with Crippen molar-refractivity contribution in [1.82, 2.24) is 4.98 Å². The number of carbonyl (C=O) groups excluding carboxylic acids is 2. The van der Waals surface area contributed by atoms with Crippen LogP contribution in [0, 0.1) is 13.8 Å². The van der Waals surface area contributed by atoms with Crippen molar-refractivity contribution in [3.8, 4) is 11.3 Å². The van der Waals surface area contributed by atoms with E-state index < -0.39 is 0 Å². The van der Waals surface area contributed by atoms with E-state index in [9.17, 15) is 9.59 Å². The molecule has 2 N–H and O–H groups in total. The molecule has 0 saturated carbocycles. The van der Waals surface area contributed by atoms with Gasteiger partial charge in [0.1, 0.15) is 0 Å². The van der Waals surface area contributed by atoms with E-state index in [1.54, 1.807) is 0 Å². The van der Waals surface area contributed by atoms with Crippen molar-refractivity contribution in [3.05, 3.63) is 59.0 Å². The molecule has 2 aromatic carbocycles. The fourth-order valence-corrected chi connectivity index (χ4v) is 4.21. The minimum absolute atomic E-state index is 0.0761. The van der Waals surface area contributed by atoms with Gasteiger partial charge in [0, 0.05) is 28.5 Å². The Morgan fingerprint density at radius 3 is 2.54 bits per heavy atom. The van der Waals surface area contributed by atoms with E-state index in [0.717, 1.165) is 21.8 Å². The van der Waals surface area contributed by atoms with Crippen LogP contribution < -0.4 is 10.6 Å². The number of hydrogen-bond acceptors (Lipinski definition) is 5. The fourth-order valence-electron chi connectivity index (χ4n) is 2.55. The molecule has 0 bridgehead atoms. The van der Waals surface area contributed by atoms with E-state index in [-0.39, 0.29) is 11.8 Å². The van der Waals surface area contributed by atoms with Crippen molar-refractivity contribution in [3.63, 3.8) is 0 Å². The van der Waals surface area contributed by atoms with E-state index in [1.807, 2.05) is 43.5 Å². The Hall–Kier alpha value is -2.64. The molecule has 0 saturated heterocycles. The van der Waals surface area contributed by atoms with Gasteiger partial charge < -0.3 is 10.6 Å². The monoisotopic (exact) mass is 411 g/mol. The lowest BCUT2D eigenvalue weighted by Gasteiger charge is -2.06. The molecule has 7 heteroatoms. The summed E-state index contributed by atoms with van der Waals surface area (Å²) in [5, 5.41) is 8.08. The predicted molar refractivity (Wildman–Crippen MR) is 117 cm³/mol. The molecule has 5 nitrogen and oxygen atoms in total. The Morgan fingerprint density at radius 1 is 1.07 bits per heavy atom. The van der Waals surface area contributed by atoms with Crippen LogP contribution >= 0.6 is 23.1 Å². The van der Waals surface area contributed by atoms with Gasteiger partial charge in [-0.1, -0.05) is 29.8 Å². The average molecular weight is 412 g/mol. The van der Waals surface area contributed by atoms with E-state index >= 15 is 0 Å². The number of nitrogens with zero attached hydrogens (tertiary/aromatic N) is 1. The number of thiazole rings is 1. The van der Waals surface area contributed by atoms with E-state index in [2.05, 4.69) is 33.8 Å². The summed E-state index contributed by atoms with van der Waals surface area (Å²) >= 11 is 2.92. The van der Waals surface area contributed by atoms with Crippen LogP contribution in [0.1, 0.15) is 18.1 Å². The summed E-state index contributed by atoms with van der Waals surface area (Å²) in [5.74, 6) is 0.155. The summed E-state index contributed by atoms with van der Waals surface area (Å²) in [5.41, 5.74) is 4.81. The van der Waals surface area contributed by atoms with E-state index in [0.29, 0.717) is 10.9 Å². The maximum atomic E-state index is 12.3. The number of benzene rings is 2. The molecule has 0 aliphatic heterocycles. The molecule has 0 radical (unpaired) electrons. The highest BCUT2D eigenvalue weighted by Crippen LogP contribution is 2.27. The third-order valence-corrected chi connectivity index (χ3v) is 5.87. The SMILES string of the molecule is CC(=O)Nc1ccc(-c2csc(NC(=O)CSc3cc(C)ccc3C)n2)cc1. The standard InChI is InChI=1S/C21H21N3O2S2/c1-13-4-5-14(2)19(10-13)27-12-20(26)24-21-23-18(11-28-21)16-6-8-17(9-7-16)22-15(3)25/h4-11H,12H2,1-3H3,(H,22,25)(H,23,24,26). The van der Waals surface area contributed by atoms with Gasteiger partial charge in [-0.05, 0) is 37.6 Å². The van der Waals surface area contributed by atoms with Crippen LogP contribution in [0.15, 0.2) is 52.7 Å². The Labute approximate surface area is 172 Å². The minimum Gasteiger partial charge on any atom is -0.326 e. The molecule has 3 rings (SSSR count). The quantitative estimate of drug-likeness (QED) is 0.553. The third kappa shape index (κ3) is 5.43. The smallest absolute Gasteiger partial charge is 0.236 e. The van der Waals surface area contributed by atoms with Gasteiger partial charge in [-0.15, -0.1) is 23.1 Å². The first-order valence-corrected chi connectivity index (χ1v) is 10.6. The molecule has 0 fully saturated rings. The van der Waals surface area contributed by atoms with Gasteiger partial charge in [0.05, 0.1) is 11.4 Å². The molecule has 0 unspecified atom stereocenters. The molecular formula is C21H21N3O2S2. The second-order valence-corrected chi connectivity index (χ2v) is 8.28. The van der Waals surface area contributed by atoms with Gasteiger partial charge in [0.15, 0.2) is 5.13 Å². The summed E-state index contributed by atoms with van der Waals surface area (Å²) in [4.78, 5) is 29.0. The number of nitrogens with one attached hydrogen (secondary N) is 2. The van der Waals surface area contributed by atoms with Gasteiger partial charge in [-0.3, -0.25) is 9.59 Å². The summed E-state index contributed by atoms with van der Waals surface area (Å²) < 4.78 is 0. The zero-order valence-corrected chi connectivity index (χ0v) is 17.5. The van der Waals surface area contributed by atoms with Crippen LogP contribution in [0.3, 0.4) is 0 Å². The van der Waals surface area contributed by atoms with Crippen molar-refractivity contribution in [1.29, 1.82) is 0 Å². The normalized spacial score (nSPS) is 10.5. The molecule has 0 aliphatic carbocycles.